The van der Waals surface area contributed by atoms with E-state index >= 15 is 0 Å². The maximum absolute atomic E-state index is 12.6. The van der Waals surface area contributed by atoms with Gasteiger partial charge in [0.15, 0.2) is 0 Å². The first-order chi connectivity index (χ1) is 22.8. The molecule has 4 heterocycles. The summed E-state index contributed by atoms with van der Waals surface area (Å²) in [4.78, 5) is 27.0. The standard InChI is InChI=1S/C36H41N9O2/c1-6-34(46)39-29-16-30(33(47-5)17-32(29)43(3)21-25-10-9-15-42(25)2)40-36-37-19-27(23-18-38-44(4)20-23)35(41-36)28-22-45(24-13-14-24)31-12-8-7-11-26(28)31/h6-8,11-12,16-20,22,24-25H,1,9-10,13-15,21H2,2-5H3,(H,39,46)(H,37,40,41). The number of ether oxygens (including phenoxy) is 1. The number of likely N-dealkylation sites (N-methyl/N-ethyl adjacent to an activating group) is 2. The monoisotopic (exact) mass is 631 g/mol. The predicted octanol–water partition coefficient (Wildman–Crippen LogP) is 6.24. The number of para-hydroxylation sites is 1. The van der Waals surface area contributed by atoms with Crippen LogP contribution in [-0.4, -0.2) is 75.5 Å². The summed E-state index contributed by atoms with van der Waals surface area (Å²) in [5.74, 6) is 0.721. The number of anilines is 4. The number of likely N-dealkylation sites (tertiary alicyclic amines) is 1. The number of amides is 1. The summed E-state index contributed by atoms with van der Waals surface area (Å²) >= 11 is 0. The van der Waals surface area contributed by atoms with Gasteiger partial charge in [-0.1, -0.05) is 24.8 Å². The van der Waals surface area contributed by atoms with Crippen LogP contribution < -0.4 is 20.3 Å². The highest BCUT2D eigenvalue weighted by atomic mass is 16.5. The zero-order chi connectivity index (χ0) is 32.7. The number of hydrogen-bond donors (Lipinski definition) is 2. The highest BCUT2D eigenvalue weighted by Crippen LogP contribution is 2.43. The Morgan fingerprint density at radius 3 is 2.64 bits per heavy atom. The summed E-state index contributed by atoms with van der Waals surface area (Å²) < 4.78 is 10.1. The van der Waals surface area contributed by atoms with Gasteiger partial charge in [-0.15, -0.1) is 0 Å². The Kier molecular flexibility index (Phi) is 8.15. The summed E-state index contributed by atoms with van der Waals surface area (Å²) in [6.45, 7) is 5.57. The Labute approximate surface area is 274 Å². The van der Waals surface area contributed by atoms with Gasteiger partial charge in [-0.25, -0.2) is 9.97 Å². The molecule has 47 heavy (non-hydrogen) atoms. The normalized spacial score (nSPS) is 16.4. The van der Waals surface area contributed by atoms with Gasteiger partial charge in [0.25, 0.3) is 0 Å². The minimum absolute atomic E-state index is 0.292. The molecular weight excluding hydrogens is 590 g/mol. The fourth-order valence-electron chi connectivity index (χ4n) is 6.65. The largest absolute Gasteiger partial charge is 0.494 e. The maximum atomic E-state index is 12.6. The van der Waals surface area contributed by atoms with E-state index in [0.717, 1.165) is 53.0 Å². The molecule has 3 aromatic heterocycles. The third-order valence-corrected chi connectivity index (χ3v) is 9.32. The van der Waals surface area contributed by atoms with Crippen molar-refractivity contribution in [3.05, 3.63) is 73.8 Å². The van der Waals surface area contributed by atoms with Crippen LogP contribution in [0.1, 0.15) is 31.7 Å². The SMILES string of the molecule is C=CC(=O)Nc1cc(Nc2ncc(-c3cnn(C)c3)c(-c3cn(C4CC4)c4ccccc34)n2)c(OC)cc1N(C)CC1CCCN1C. The van der Waals surface area contributed by atoms with Crippen molar-refractivity contribution in [3.8, 4) is 28.1 Å². The van der Waals surface area contributed by atoms with Crippen molar-refractivity contribution < 1.29 is 9.53 Å². The van der Waals surface area contributed by atoms with Crippen LogP contribution in [0.3, 0.4) is 0 Å². The molecule has 0 radical (unpaired) electrons. The lowest BCUT2D eigenvalue weighted by atomic mass is 10.0. The number of aromatic nitrogens is 5. The average molecular weight is 632 g/mol. The number of nitrogens with zero attached hydrogens (tertiary/aromatic N) is 7. The van der Waals surface area contributed by atoms with Gasteiger partial charge in [-0.05, 0) is 57.5 Å². The van der Waals surface area contributed by atoms with E-state index in [1.807, 2.05) is 44.8 Å². The molecule has 1 saturated heterocycles. The van der Waals surface area contributed by atoms with E-state index in [-0.39, 0.29) is 5.91 Å². The number of benzene rings is 2. The molecule has 242 valence electrons. The zero-order valence-corrected chi connectivity index (χ0v) is 27.4. The lowest BCUT2D eigenvalue weighted by Crippen LogP contribution is -2.37. The molecule has 1 atom stereocenters. The second-order valence-corrected chi connectivity index (χ2v) is 12.6. The van der Waals surface area contributed by atoms with E-state index in [1.165, 1.54) is 30.9 Å². The van der Waals surface area contributed by atoms with Crippen LogP contribution in [-0.2, 0) is 11.8 Å². The van der Waals surface area contributed by atoms with Crippen molar-refractivity contribution in [1.82, 2.24) is 29.2 Å². The number of hydrogen-bond acceptors (Lipinski definition) is 8. The molecule has 5 aromatic rings. The Morgan fingerprint density at radius 2 is 1.94 bits per heavy atom. The zero-order valence-electron chi connectivity index (χ0n) is 27.4. The molecule has 2 aliphatic rings. The second kappa shape index (κ2) is 12.6. The van der Waals surface area contributed by atoms with Gasteiger partial charge in [0.05, 0.1) is 36.1 Å². The fraction of sp³-hybridized carbons (Fsp3) is 0.333. The number of carbonyl (C=O) groups is 1. The van der Waals surface area contributed by atoms with Crippen LogP contribution in [0.15, 0.2) is 73.8 Å². The number of nitrogens with one attached hydrogen (secondary N) is 2. The van der Waals surface area contributed by atoms with E-state index in [0.29, 0.717) is 35.2 Å². The van der Waals surface area contributed by atoms with E-state index in [1.54, 1.807) is 11.8 Å². The fourth-order valence-corrected chi connectivity index (χ4v) is 6.65. The van der Waals surface area contributed by atoms with Crippen molar-refractivity contribution in [2.24, 2.45) is 7.05 Å². The van der Waals surface area contributed by atoms with Crippen LogP contribution in [0, 0.1) is 0 Å². The molecule has 2 N–H and O–H groups in total. The Balaban J connectivity index is 1.30. The highest BCUT2D eigenvalue weighted by molar-refractivity contribution is 6.02. The third-order valence-electron chi connectivity index (χ3n) is 9.32. The van der Waals surface area contributed by atoms with E-state index < -0.39 is 0 Å². The number of fused-ring (bicyclic) bond motifs is 1. The predicted molar refractivity (Wildman–Crippen MR) is 187 cm³/mol. The molecule has 11 heteroatoms. The summed E-state index contributed by atoms with van der Waals surface area (Å²) in [7, 11) is 7.75. The lowest BCUT2D eigenvalue weighted by molar-refractivity contribution is -0.111. The molecule has 2 aromatic carbocycles. The van der Waals surface area contributed by atoms with Crippen LogP contribution >= 0.6 is 0 Å². The molecule has 7 rings (SSSR count). The van der Waals surface area contributed by atoms with Gasteiger partial charge in [-0.2, -0.15) is 5.10 Å². The minimum atomic E-state index is -0.292. The van der Waals surface area contributed by atoms with Crippen molar-refractivity contribution in [2.75, 3.05) is 49.8 Å². The van der Waals surface area contributed by atoms with E-state index in [9.17, 15) is 4.79 Å². The first kappa shape index (κ1) is 30.5. The number of rotatable bonds is 11. The van der Waals surface area contributed by atoms with Gasteiger partial charge < -0.3 is 29.7 Å². The second-order valence-electron chi connectivity index (χ2n) is 12.6. The molecule has 2 fully saturated rings. The molecular formula is C36H41N9O2. The average Bonchev–Trinajstić information content (AvgIpc) is 3.51. The Hall–Kier alpha value is -5.16. The van der Waals surface area contributed by atoms with Gasteiger partial charge in [0, 0.05) is 85.0 Å². The van der Waals surface area contributed by atoms with Crippen molar-refractivity contribution in [1.29, 1.82) is 0 Å². The maximum Gasteiger partial charge on any atom is 0.247 e. The van der Waals surface area contributed by atoms with Gasteiger partial charge in [-0.3, -0.25) is 9.48 Å². The molecule has 1 amide bonds. The topological polar surface area (TPSA) is 105 Å². The number of carbonyl (C=O) groups excluding carboxylic acids is 1. The van der Waals surface area contributed by atoms with E-state index in [2.05, 4.69) is 74.2 Å². The molecule has 1 unspecified atom stereocenters. The molecule has 1 saturated carbocycles. The molecule has 1 aliphatic carbocycles. The summed E-state index contributed by atoms with van der Waals surface area (Å²) in [5.41, 5.74) is 6.99. The first-order valence-corrected chi connectivity index (χ1v) is 16.1. The molecule has 0 bridgehead atoms. The molecule has 0 spiro atoms. The summed E-state index contributed by atoms with van der Waals surface area (Å²) in [5, 5.41) is 12.0. The van der Waals surface area contributed by atoms with Crippen LogP contribution in [0.2, 0.25) is 0 Å². The number of methoxy groups -OCH3 is 1. The number of aryl methyl sites for hydroxylation is 1. The third kappa shape index (κ3) is 6.06. The van der Waals surface area contributed by atoms with Gasteiger partial charge in [0.1, 0.15) is 5.75 Å². The first-order valence-electron chi connectivity index (χ1n) is 16.1. The van der Waals surface area contributed by atoms with E-state index in [4.69, 9.17) is 14.7 Å². The molecule has 11 nitrogen and oxygen atoms in total. The van der Waals surface area contributed by atoms with Crippen molar-refractivity contribution >= 4 is 39.8 Å². The van der Waals surface area contributed by atoms with Crippen LogP contribution in [0.25, 0.3) is 33.3 Å². The Morgan fingerprint density at radius 1 is 1.11 bits per heavy atom. The minimum Gasteiger partial charge on any atom is -0.494 e. The quantitative estimate of drug-likeness (QED) is 0.165. The van der Waals surface area contributed by atoms with Gasteiger partial charge >= 0.3 is 0 Å². The van der Waals surface area contributed by atoms with Crippen LogP contribution in [0.5, 0.6) is 5.75 Å². The van der Waals surface area contributed by atoms with Crippen LogP contribution in [0.4, 0.5) is 23.0 Å². The molecule has 1 aliphatic heterocycles. The van der Waals surface area contributed by atoms with Crippen molar-refractivity contribution in [3.63, 3.8) is 0 Å². The highest BCUT2D eigenvalue weighted by Gasteiger charge is 2.28. The smallest absolute Gasteiger partial charge is 0.247 e. The summed E-state index contributed by atoms with van der Waals surface area (Å²) in [6, 6.07) is 13.3. The lowest BCUT2D eigenvalue weighted by Gasteiger charge is -2.29. The Bertz CT molecular complexity index is 1960. The van der Waals surface area contributed by atoms with Crippen molar-refractivity contribution in [2.45, 2.75) is 37.8 Å². The summed E-state index contributed by atoms with van der Waals surface area (Å²) in [6.07, 6.45) is 13.8. The van der Waals surface area contributed by atoms with Gasteiger partial charge in [0.2, 0.25) is 11.9 Å².